The van der Waals surface area contributed by atoms with Crippen molar-refractivity contribution in [2.24, 2.45) is 5.73 Å². The van der Waals surface area contributed by atoms with E-state index in [1.54, 1.807) is 0 Å². The van der Waals surface area contributed by atoms with E-state index in [-0.39, 0.29) is 6.04 Å². The highest BCUT2D eigenvalue weighted by molar-refractivity contribution is 5.32. The van der Waals surface area contributed by atoms with Crippen molar-refractivity contribution in [3.05, 3.63) is 29.8 Å². The second-order valence-electron chi connectivity index (χ2n) is 6.49. The van der Waals surface area contributed by atoms with Crippen molar-refractivity contribution in [2.75, 3.05) is 13.2 Å². The minimum Gasteiger partial charge on any atom is -0.494 e. The second kappa shape index (κ2) is 6.80. The molecule has 2 fully saturated rings. The van der Waals surface area contributed by atoms with Gasteiger partial charge >= 0.3 is 0 Å². The minimum absolute atomic E-state index is 0.245. The largest absolute Gasteiger partial charge is 0.494 e. The van der Waals surface area contributed by atoms with Crippen LogP contribution in [0.1, 0.15) is 57.1 Å². The van der Waals surface area contributed by atoms with Crippen LogP contribution in [0.15, 0.2) is 24.3 Å². The Balaban J connectivity index is 1.83. The van der Waals surface area contributed by atoms with Gasteiger partial charge in [0.1, 0.15) is 5.75 Å². The summed E-state index contributed by atoms with van der Waals surface area (Å²) in [5.41, 5.74) is 7.87. The summed E-state index contributed by atoms with van der Waals surface area (Å²) in [6, 6.07) is 9.98. The van der Waals surface area contributed by atoms with Gasteiger partial charge in [0.25, 0.3) is 0 Å². The smallest absolute Gasteiger partial charge is 0.119 e. The van der Waals surface area contributed by atoms with Gasteiger partial charge in [-0.15, -0.1) is 0 Å². The van der Waals surface area contributed by atoms with Crippen molar-refractivity contribution >= 4 is 0 Å². The Kier molecular flexibility index (Phi) is 4.81. The van der Waals surface area contributed by atoms with Crippen molar-refractivity contribution in [1.29, 1.82) is 0 Å². The normalized spacial score (nSPS) is 27.3. The van der Waals surface area contributed by atoms with Crippen molar-refractivity contribution < 1.29 is 4.74 Å². The molecular formula is C18H28N2O. The van der Waals surface area contributed by atoms with Gasteiger partial charge in [0.2, 0.25) is 0 Å². The fourth-order valence-corrected chi connectivity index (χ4v) is 3.48. The molecule has 116 valence electrons. The van der Waals surface area contributed by atoms with Crippen LogP contribution in [0.25, 0.3) is 0 Å². The lowest BCUT2D eigenvalue weighted by molar-refractivity contribution is 0.175. The van der Waals surface area contributed by atoms with Crippen molar-refractivity contribution in [3.8, 4) is 5.75 Å². The summed E-state index contributed by atoms with van der Waals surface area (Å²) >= 11 is 0. The molecule has 1 heterocycles. The monoisotopic (exact) mass is 288 g/mol. The summed E-state index contributed by atoms with van der Waals surface area (Å²) in [6.07, 6.45) is 7.40. The molecule has 1 aromatic rings. The molecule has 1 saturated carbocycles. The van der Waals surface area contributed by atoms with Crippen LogP contribution in [-0.4, -0.2) is 30.1 Å². The number of rotatable bonds is 5. The highest BCUT2D eigenvalue weighted by atomic mass is 16.5. The van der Waals surface area contributed by atoms with Crippen LogP contribution in [0.5, 0.6) is 5.75 Å². The number of ether oxygens (including phenoxy) is 1. The molecule has 21 heavy (non-hydrogen) atoms. The Bertz CT molecular complexity index is 458. The SMILES string of the molecule is CCCOc1cccc(C2C(N)CCCCN2C2CC2)c1. The number of nitrogens with two attached hydrogens (primary N) is 1. The van der Waals surface area contributed by atoms with E-state index in [1.165, 1.54) is 37.8 Å². The zero-order valence-electron chi connectivity index (χ0n) is 13.1. The molecule has 2 unspecified atom stereocenters. The Morgan fingerprint density at radius 3 is 2.86 bits per heavy atom. The van der Waals surface area contributed by atoms with Gasteiger partial charge in [0.15, 0.2) is 0 Å². The van der Waals surface area contributed by atoms with E-state index in [9.17, 15) is 0 Å². The molecule has 3 heteroatoms. The van der Waals surface area contributed by atoms with E-state index in [2.05, 4.69) is 36.1 Å². The van der Waals surface area contributed by atoms with Gasteiger partial charge < -0.3 is 10.5 Å². The molecule has 0 spiro atoms. The third kappa shape index (κ3) is 3.58. The topological polar surface area (TPSA) is 38.5 Å². The van der Waals surface area contributed by atoms with E-state index >= 15 is 0 Å². The molecule has 1 aromatic carbocycles. The van der Waals surface area contributed by atoms with E-state index < -0.39 is 0 Å². The van der Waals surface area contributed by atoms with Crippen LogP contribution in [0.3, 0.4) is 0 Å². The van der Waals surface area contributed by atoms with Gasteiger partial charge in [-0.3, -0.25) is 4.90 Å². The molecule has 0 radical (unpaired) electrons. The first kappa shape index (κ1) is 14.9. The van der Waals surface area contributed by atoms with Crippen molar-refractivity contribution in [1.82, 2.24) is 4.90 Å². The van der Waals surface area contributed by atoms with Crippen LogP contribution in [0.4, 0.5) is 0 Å². The van der Waals surface area contributed by atoms with E-state index in [1.807, 2.05) is 0 Å². The first-order valence-electron chi connectivity index (χ1n) is 8.53. The quantitative estimate of drug-likeness (QED) is 0.901. The number of hydrogen-bond acceptors (Lipinski definition) is 3. The zero-order valence-corrected chi connectivity index (χ0v) is 13.1. The summed E-state index contributed by atoms with van der Waals surface area (Å²) in [7, 11) is 0. The fraction of sp³-hybridized carbons (Fsp3) is 0.667. The Hall–Kier alpha value is -1.06. The fourth-order valence-electron chi connectivity index (χ4n) is 3.48. The minimum atomic E-state index is 0.245. The van der Waals surface area contributed by atoms with Crippen molar-refractivity contribution in [2.45, 2.75) is 63.6 Å². The van der Waals surface area contributed by atoms with Crippen LogP contribution >= 0.6 is 0 Å². The predicted octanol–water partition coefficient (Wildman–Crippen LogP) is 3.49. The molecule has 1 saturated heterocycles. The third-order valence-corrected chi connectivity index (χ3v) is 4.65. The van der Waals surface area contributed by atoms with E-state index in [0.29, 0.717) is 6.04 Å². The maximum Gasteiger partial charge on any atom is 0.119 e. The van der Waals surface area contributed by atoms with E-state index in [4.69, 9.17) is 10.5 Å². The summed E-state index contributed by atoms with van der Waals surface area (Å²) in [5.74, 6) is 0.988. The lowest BCUT2D eigenvalue weighted by Crippen LogP contribution is -2.41. The highest BCUT2D eigenvalue weighted by Crippen LogP contribution is 2.39. The predicted molar refractivity (Wildman–Crippen MR) is 86.5 cm³/mol. The number of nitrogens with zero attached hydrogens (tertiary/aromatic N) is 1. The average molecular weight is 288 g/mol. The first-order valence-corrected chi connectivity index (χ1v) is 8.53. The Morgan fingerprint density at radius 2 is 2.10 bits per heavy atom. The molecular weight excluding hydrogens is 260 g/mol. The zero-order chi connectivity index (χ0) is 14.7. The molecule has 2 N–H and O–H groups in total. The Morgan fingerprint density at radius 1 is 1.24 bits per heavy atom. The summed E-state index contributed by atoms with van der Waals surface area (Å²) in [4.78, 5) is 2.66. The van der Waals surface area contributed by atoms with E-state index in [0.717, 1.165) is 31.2 Å². The highest BCUT2D eigenvalue weighted by Gasteiger charge is 2.38. The Labute approximate surface area is 128 Å². The summed E-state index contributed by atoms with van der Waals surface area (Å²) in [5, 5.41) is 0. The molecule has 1 aliphatic heterocycles. The number of benzene rings is 1. The molecule has 3 rings (SSSR count). The van der Waals surface area contributed by atoms with Crippen LogP contribution in [-0.2, 0) is 0 Å². The maximum atomic E-state index is 6.53. The molecule has 3 nitrogen and oxygen atoms in total. The van der Waals surface area contributed by atoms with Gasteiger partial charge in [-0.05, 0) is 56.3 Å². The lowest BCUT2D eigenvalue weighted by Gasteiger charge is -2.34. The molecule has 0 aromatic heterocycles. The second-order valence-corrected chi connectivity index (χ2v) is 6.49. The number of hydrogen-bond donors (Lipinski definition) is 1. The van der Waals surface area contributed by atoms with Crippen molar-refractivity contribution in [3.63, 3.8) is 0 Å². The standard InChI is InChI=1S/C18H28N2O/c1-2-12-21-16-7-5-6-14(13-16)18-17(19)8-3-4-11-20(18)15-9-10-15/h5-7,13,15,17-18H,2-4,8-12,19H2,1H3. The molecule has 2 atom stereocenters. The first-order chi connectivity index (χ1) is 10.3. The van der Waals surface area contributed by atoms with Crippen LogP contribution in [0, 0.1) is 0 Å². The summed E-state index contributed by atoms with van der Waals surface area (Å²) < 4.78 is 5.81. The van der Waals surface area contributed by atoms with Gasteiger partial charge in [-0.25, -0.2) is 0 Å². The molecule has 0 amide bonds. The maximum absolute atomic E-state index is 6.53. The molecule has 0 bridgehead atoms. The lowest BCUT2D eigenvalue weighted by atomic mass is 9.96. The van der Waals surface area contributed by atoms with Crippen LogP contribution in [0.2, 0.25) is 0 Å². The van der Waals surface area contributed by atoms with Gasteiger partial charge in [0.05, 0.1) is 12.6 Å². The molecule has 1 aliphatic carbocycles. The average Bonchev–Trinajstić information content (AvgIpc) is 3.32. The number of likely N-dealkylation sites (tertiary alicyclic amines) is 1. The van der Waals surface area contributed by atoms with Crippen LogP contribution < -0.4 is 10.5 Å². The van der Waals surface area contributed by atoms with Gasteiger partial charge in [0, 0.05) is 12.1 Å². The summed E-state index contributed by atoms with van der Waals surface area (Å²) in [6.45, 7) is 4.12. The third-order valence-electron chi connectivity index (χ3n) is 4.65. The van der Waals surface area contributed by atoms with Gasteiger partial charge in [-0.2, -0.15) is 0 Å². The van der Waals surface area contributed by atoms with Gasteiger partial charge in [-0.1, -0.05) is 25.5 Å². The molecule has 2 aliphatic rings.